The summed E-state index contributed by atoms with van der Waals surface area (Å²) in [4.78, 5) is 20.4. The molecule has 0 radical (unpaired) electrons. The number of aromatic nitrogens is 3. The first-order valence-corrected chi connectivity index (χ1v) is 11.9. The van der Waals surface area contributed by atoms with Gasteiger partial charge in [0.2, 0.25) is 5.91 Å². The Bertz CT molecular complexity index is 1070. The maximum Gasteiger partial charge on any atom is 0.233 e. The molecule has 0 bridgehead atoms. The average molecular weight is 453 g/mol. The van der Waals surface area contributed by atoms with Crippen LogP contribution < -0.4 is 0 Å². The van der Waals surface area contributed by atoms with Crippen LogP contribution in [0, 0.1) is 5.92 Å². The fraction of sp³-hybridized carbons (Fsp3) is 0.480. The molecule has 1 saturated carbocycles. The molecule has 2 aliphatic rings. The molecule has 7 heteroatoms. The molecule has 3 heterocycles. The molecule has 1 atom stereocenters. The van der Waals surface area contributed by atoms with Gasteiger partial charge in [-0.2, -0.15) is 5.10 Å². The highest BCUT2D eigenvalue weighted by Crippen LogP contribution is 2.41. The SMILES string of the molecule is O=C(N1CCOCC(Cc2ccc3nccn3n2)C1)C1(c2ccc(Cl)cc2)CCCCC1. The summed E-state index contributed by atoms with van der Waals surface area (Å²) in [7, 11) is 0. The minimum absolute atomic E-state index is 0.209. The summed E-state index contributed by atoms with van der Waals surface area (Å²) in [5.41, 5.74) is 2.47. The second kappa shape index (κ2) is 9.20. The lowest BCUT2D eigenvalue weighted by Crippen LogP contribution is -2.50. The van der Waals surface area contributed by atoms with Gasteiger partial charge < -0.3 is 9.64 Å². The van der Waals surface area contributed by atoms with Gasteiger partial charge >= 0.3 is 0 Å². The molecule has 1 aromatic carbocycles. The number of carbonyl (C=O) groups is 1. The van der Waals surface area contributed by atoms with Crippen molar-refractivity contribution in [2.24, 2.45) is 5.92 Å². The number of rotatable bonds is 4. The standard InChI is InChI=1S/C25H29ClN4O2/c26-21-6-4-20(5-7-21)25(10-2-1-3-11-25)24(31)29-14-15-32-18-19(17-29)16-22-8-9-23-27-12-13-30(23)28-22/h4-9,12-13,19H,1-3,10-11,14-18H2. The van der Waals surface area contributed by atoms with Gasteiger partial charge in [0.25, 0.3) is 0 Å². The molecule has 1 aliphatic heterocycles. The first-order valence-electron chi connectivity index (χ1n) is 11.6. The molecule has 6 nitrogen and oxygen atoms in total. The quantitative estimate of drug-likeness (QED) is 0.592. The lowest BCUT2D eigenvalue weighted by molar-refractivity contribution is -0.139. The predicted octanol–water partition coefficient (Wildman–Crippen LogP) is 4.30. The zero-order valence-corrected chi connectivity index (χ0v) is 19.0. The van der Waals surface area contributed by atoms with Crippen LogP contribution in [0.2, 0.25) is 5.02 Å². The topological polar surface area (TPSA) is 59.7 Å². The van der Waals surface area contributed by atoms with Gasteiger partial charge in [0.1, 0.15) is 0 Å². The zero-order valence-electron chi connectivity index (χ0n) is 18.3. The van der Waals surface area contributed by atoms with Crippen molar-refractivity contribution in [3.8, 4) is 0 Å². The molecule has 0 N–H and O–H groups in total. The minimum atomic E-state index is -0.453. The number of nitrogens with zero attached hydrogens (tertiary/aromatic N) is 4. The molecule has 1 amide bonds. The van der Waals surface area contributed by atoms with Crippen molar-refractivity contribution in [3.63, 3.8) is 0 Å². The van der Waals surface area contributed by atoms with Crippen molar-refractivity contribution in [1.29, 1.82) is 0 Å². The second-order valence-corrected chi connectivity index (χ2v) is 9.54. The van der Waals surface area contributed by atoms with Crippen LogP contribution in [0.25, 0.3) is 5.65 Å². The Morgan fingerprint density at radius 2 is 1.94 bits per heavy atom. The van der Waals surface area contributed by atoms with E-state index in [1.54, 1.807) is 10.7 Å². The van der Waals surface area contributed by atoms with E-state index in [2.05, 4.69) is 10.1 Å². The van der Waals surface area contributed by atoms with Crippen molar-refractivity contribution in [2.75, 3.05) is 26.3 Å². The van der Waals surface area contributed by atoms with Crippen LogP contribution in [0.3, 0.4) is 0 Å². The molecule has 2 aromatic heterocycles. The molecular formula is C25H29ClN4O2. The highest BCUT2D eigenvalue weighted by molar-refractivity contribution is 6.30. The summed E-state index contributed by atoms with van der Waals surface area (Å²) >= 11 is 6.15. The maximum atomic E-state index is 14.1. The van der Waals surface area contributed by atoms with Gasteiger partial charge in [-0.15, -0.1) is 0 Å². The van der Waals surface area contributed by atoms with Crippen LogP contribution >= 0.6 is 11.6 Å². The van der Waals surface area contributed by atoms with Crippen LogP contribution in [0.5, 0.6) is 0 Å². The van der Waals surface area contributed by atoms with E-state index >= 15 is 0 Å². The zero-order chi connectivity index (χ0) is 22.0. The van der Waals surface area contributed by atoms with Crippen molar-refractivity contribution >= 4 is 23.2 Å². The van der Waals surface area contributed by atoms with Gasteiger partial charge in [-0.25, -0.2) is 9.50 Å². The summed E-state index contributed by atoms with van der Waals surface area (Å²) in [6, 6.07) is 11.9. The highest BCUT2D eigenvalue weighted by Gasteiger charge is 2.44. The first kappa shape index (κ1) is 21.4. The smallest absolute Gasteiger partial charge is 0.233 e. The number of imidazole rings is 1. The summed E-state index contributed by atoms with van der Waals surface area (Å²) in [5, 5.41) is 5.38. The van der Waals surface area contributed by atoms with Crippen LogP contribution in [0.4, 0.5) is 0 Å². The normalized spacial score (nSPS) is 21.4. The second-order valence-electron chi connectivity index (χ2n) is 9.10. The number of hydrogen-bond acceptors (Lipinski definition) is 4. The Morgan fingerprint density at radius 1 is 1.12 bits per heavy atom. The van der Waals surface area contributed by atoms with E-state index in [-0.39, 0.29) is 11.8 Å². The Hall–Kier alpha value is -2.44. The number of carbonyl (C=O) groups excluding carboxylic acids is 1. The largest absolute Gasteiger partial charge is 0.379 e. The Kier molecular flexibility index (Phi) is 6.15. The predicted molar refractivity (Wildman–Crippen MR) is 124 cm³/mol. The summed E-state index contributed by atoms with van der Waals surface area (Å²) in [6.07, 6.45) is 9.53. The highest BCUT2D eigenvalue weighted by atomic mass is 35.5. The Labute approximate surface area is 193 Å². The minimum Gasteiger partial charge on any atom is -0.379 e. The number of ether oxygens (including phenoxy) is 1. The van der Waals surface area contributed by atoms with Gasteiger partial charge in [0.05, 0.1) is 24.3 Å². The van der Waals surface area contributed by atoms with Crippen molar-refractivity contribution < 1.29 is 9.53 Å². The summed E-state index contributed by atoms with van der Waals surface area (Å²) in [6.45, 7) is 2.55. The number of fused-ring (bicyclic) bond motifs is 1. The third-order valence-electron chi connectivity index (χ3n) is 6.95. The number of benzene rings is 1. The summed E-state index contributed by atoms with van der Waals surface area (Å²) < 4.78 is 7.71. The van der Waals surface area contributed by atoms with Gasteiger partial charge in [-0.3, -0.25) is 4.79 Å². The van der Waals surface area contributed by atoms with Crippen LogP contribution in [0.15, 0.2) is 48.8 Å². The lowest BCUT2D eigenvalue weighted by Gasteiger charge is -2.40. The molecule has 3 aromatic rings. The average Bonchev–Trinajstić information content (AvgIpc) is 3.17. The molecular weight excluding hydrogens is 424 g/mol. The maximum absolute atomic E-state index is 14.1. The fourth-order valence-electron chi connectivity index (χ4n) is 5.30. The van der Waals surface area contributed by atoms with Crippen LogP contribution in [-0.4, -0.2) is 51.7 Å². The van der Waals surface area contributed by atoms with Crippen molar-refractivity contribution in [3.05, 3.63) is 65.1 Å². The Morgan fingerprint density at radius 3 is 2.75 bits per heavy atom. The van der Waals surface area contributed by atoms with E-state index < -0.39 is 5.41 Å². The number of hydrogen-bond donors (Lipinski definition) is 0. The van der Waals surface area contributed by atoms with E-state index in [9.17, 15) is 4.79 Å². The Balaban J connectivity index is 1.37. The van der Waals surface area contributed by atoms with Gasteiger partial charge in [0, 0.05) is 36.4 Å². The third-order valence-corrected chi connectivity index (χ3v) is 7.20. The van der Waals surface area contributed by atoms with E-state index in [4.69, 9.17) is 16.3 Å². The lowest BCUT2D eigenvalue weighted by atomic mass is 9.68. The van der Waals surface area contributed by atoms with Crippen LogP contribution in [-0.2, 0) is 21.4 Å². The summed E-state index contributed by atoms with van der Waals surface area (Å²) in [5.74, 6) is 0.453. The van der Waals surface area contributed by atoms with E-state index in [0.29, 0.717) is 31.3 Å². The van der Waals surface area contributed by atoms with Gasteiger partial charge in [-0.1, -0.05) is 43.0 Å². The van der Waals surface area contributed by atoms with Gasteiger partial charge in [-0.05, 0) is 49.1 Å². The van der Waals surface area contributed by atoms with Crippen molar-refractivity contribution in [2.45, 2.75) is 43.9 Å². The molecule has 5 rings (SSSR count). The molecule has 168 valence electrons. The molecule has 32 heavy (non-hydrogen) atoms. The molecule has 1 saturated heterocycles. The van der Waals surface area contributed by atoms with E-state index in [1.807, 2.05) is 47.5 Å². The monoisotopic (exact) mass is 452 g/mol. The molecule has 0 spiro atoms. The molecule has 2 fully saturated rings. The van der Waals surface area contributed by atoms with E-state index in [1.165, 1.54) is 6.42 Å². The van der Waals surface area contributed by atoms with Crippen LogP contribution in [0.1, 0.15) is 43.4 Å². The number of halogens is 1. The fourth-order valence-corrected chi connectivity index (χ4v) is 5.43. The van der Waals surface area contributed by atoms with Crippen molar-refractivity contribution in [1.82, 2.24) is 19.5 Å². The molecule has 1 unspecified atom stereocenters. The number of amides is 1. The first-order chi connectivity index (χ1) is 15.6. The van der Waals surface area contributed by atoms with Gasteiger partial charge in [0.15, 0.2) is 5.65 Å². The van der Waals surface area contributed by atoms with E-state index in [0.717, 1.165) is 49.0 Å². The molecule has 1 aliphatic carbocycles. The third kappa shape index (κ3) is 4.26.